The molecular formula is C24H27N5O3. The van der Waals surface area contributed by atoms with E-state index < -0.39 is 11.8 Å². The minimum absolute atomic E-state index is 0.397. The van der Waals surface area contributed by atoms with E-state index in [4.69, 9.17) is 9.72 Å². The van der Waals surface area contributed by atoms with E-state index in [2.05, 4.69) is 21.4 Å². The molecule has 0 saturated carbocycles. The summed E-state index contributed by atoms with van der Waals surface area (Å²) in [6.07, 6.45) is 2.05. The van der Waals surface area contributed by atoms with Crippen molar-refractivity contribution in [3.63, 3.8) is 0 Å². The summed E-state index contributed by atoms with van der Waals surface area (Å²) in [6.45, 7) is 5.23. The van der Waals surface area contributed by atoms with Gasteiger partial charge in [-0.15, -0.1) is 0 Å². The number of ether oxygens (including phenoxy) is 1. The fourth-order valence-corrected chi connectivity index (χ4v) is 4.38. The first kappa shape index (κ1) is 20.7. The van der Waals surface area contributed by atoms with Gasteiger partial charge in [-0.2, -0.15) is 0 Å². The summed E-state index contributed by atoms with van der Waals surface area (Å²) in [4.78, 5) is 35.7. The summed E-state index contributed by atoms with van der Waals surface area (Å²) in [6, 6.07) is 16.3. The van der Waals surface area contributed by atoms with E-state index in [1.807, 2.05) is 42.6 Å². The van der Waals surface area contributed by atoms with E-state index in [9.17, 15) is 9.59 Å². The molecule has 0 spiro atoms. The monoisotopic (exact) mass is 433 g/mol. The number of hydrogen-bond acceptors (Lipinski definition) is 5. The number of pyridine rings is 1. The molecule has 8 nitrogen and oxygen atoms in total. The lowest BCUT2D eigenvalue weighted by Gasteiger charge is -2.35. The van der Waals surface area contributed by atoms with Crippen LogP contribution in [-0.2, 0) is 20.9 Å². The van der Waals surface area contributed by atoms with E-state index in [1.165, 1.54) is 0 Å². The van der Waals surface area contributed by atoms with Gasteiger partial charge in [-0.05, 0) is 12.1 Å². The fraction of sp³-hybridized carbons (Fsp3) is 0.375. The van der Waals surface area contributed by atoms with Gasteiger partial charge in [0, 0.05) is 57.6 Å². The predicted octanol–water partition coefficient (Wildman–Crippen LogP) is 1.50. The number of carbonyl (C=O) groups excluding carboxylic acids is 2. The Balaban J connectivity index is 1.28. The second-order valence-electron chi connectivity index (χ2n) is 8.17. The molecule has 32 heavy (non-hydrogen) atoms. The van der Waals surface area contributed by atoms with Gasteiger partial charge in [0.05, 0.1) is 24.6 Å². The molecule has 2 aliphatic rings. The van der Waals surface area contributed by atoms with Crippen molar-refractivity contribution in [2.45, 2.75) is 6.54 Å². The van der Waals surface area contributed by atoms with Crippen LogP contribution in [0.5, 0.6) is 0 Å². The molecule has 1 aromatic carbocycles. The van der Waals surface area contributed by atoms with Crippen LogP contribution < -0.4 is 0 Å². The highest BCUT2D eigenvalue weighted by atomic mass is 16.5. The van der Waals surface area contributed by atoms with Crippen molar-refractivity contribution in [2.75, 3.05) is 52.5 Å². The van der Waals surface area contributed by atoms with Crippen LogP contribution in [0.1, 0.15) is 5.69 Å². The molecule has 0 aliphatic carbocycles. The largest absolute Gasteiger partial charge is 0.378 e. The second kappa shape index (κ2) is 9.10. The number of imidazole rings is 1. The number of piperazine rings is 1. The Morgan fingerprint density at radius 1 is 0.812 bits per heavy atom. The molecule has 5 rings (SSSR count). The van der Waals surface area contributed by atoms with Crippen LogP contribution >= 0.6 is 0 Å². The number of fused-ring (bicyclic) bond motifs is 1. The minimum Gasteiger partial charge on any atom is -0.378 e. The molecule has 2 amide bonds. The number of aromatic nitrogens is 2. The Kier molecular flexibility index (Phi) is 5.87. The first-order valence-electron chi connectivity index (χ1n) is 11.1. The number of benzene rings is 1. The lowest BCUT2D eigenvalue weighted by Crippen LogP contribution is -2.54. The lowest BCUT2D eigenvalue weighted by molar-refractivity contribution is -0.155. The zero-order valence-corrected chi connectivity index (χ0v) is 18.0. The van der Waals surface area contributed by atoms with Gasteiger partial charge in [-0.3, -0.25) is 14.5 Å². The molecule has 0 N–H and O–H groups in total. The van der Waals surface area contributed by atoms with Gasteiger partial charge in [0.1, 0.15) is 5.65 Å². The van der Waals surface area contributed by atoms with E-state index in [1.54, 1.807) is 9.80 Å². The van der Waals surface area contributed by atoms with Gasteiger partial charge in [0.15, 0.2) is 0 Å². The average Bonchev–Trinajstić information content (AvgIpc) is 3.23. The molecule has 0 unspecified atom stereocenters. The van der Waals surface area contributed by atoms with Crippen molar-refractivity contribution in [1.29, 1.82) is 0 Å². The molecule has 8 heteroatoms. The standard InChI is InChI=1S/C24H27N5O3/c30-23(24(31)28-14-16-32-17-15-28)27-12-10-26(11-13-27)18-20-22(19-6-2-1-3-7-19)25-21-8-4-5-9-29(20)21/h1-9H,10-18H2. The maximum Gasteiger partial charge on any atom is 0.312 e. The summed E-state index contributed by atoms with van der Waals surface area (Å²) in [5.74, 6) is -0.804. The zero-order valence-electron chi connectivity index (χ0n) is 18.0. The Labute approximate surface area is 187 Å². The number of morpholine rings is 1. The Morgan fingerprint density at radius 3 is 2.19 bits per heavy atom. The van der Waals surface area contributed by atoms with Crippen LogP contribution in [0.3, 0.4) is 0 Å². The zero-order chi connectivity index (χ0) is 21.9. The summed E-state index contributed by atoms with van der Waals surface area (Å²) in [7, 11) is 0. The third-order valence-electron chi connectivity index (χ3n) is 6.19. The predicted molar refractivity (Wildman–Crippen MR) is 120 cm³/mol. The topological polar surface area (TPSA) is 70.4 Å². The van der Waals surface area contributed by atoms with E-state index in [0.29, 0.717) is 39.4 Å². The molecule has 0 atom stereocenters. The summed E-state index contributed by atoms with van der Waals surface area (Å²) in [5, 5.41) is 0. The number of carbonyl (C=O) groups is 2. The Morgan fingerprint density at radius 2 is 1.47 bits per heavy atom. The van der Waals surface area contributed by atoms with Crippen LogP contribution in [0, 0.1) is 0 Å². The van der Waals surface area contributed by atoms with Crippen molar-refractivity contribution in [1.82, 2.24) is 24.1 Å². The quantitative estimate of drug-likeness (QED) is 0.586. The third-order valence-corrected chi connectivity index (χ3v) is 6.19. The van der Waals surface area contributed by atoms with E-state index >= 15 is 0 Å². The van der Waals surface area contributed by atoms with Crippen LogP contribution in [0.4, 0.5) is 0 Å². The highest BCUT2D eigenvalue weighted by molar-refractivity contribution is 6.34. The Hall–Kier alpha value is -3.23. The fourth-order valence-electron chi connectivity index (χ4n) is 4.38. The first-order chi connectivity index (χ1) is 15.7. The molecule has 3 aromatic rings. The Bertz CT molecular complexity index is 1100. The molecule has 2 saturated heterocycles. The molecule has 2 aliphatic heterocycles. The summed E-state index contributed by atoms with van der Waals surface area (Å²) < 4.78 is 7.42. The van der Waals surface area contributed by atoms with Crippen molar-refractivity contribution >= 4 is 17.5 Å². The van der Waals surface area contributed by atoms with Crippen molar-refractivity contribution in [3.8, 4) is 11.3 Å². The van der Waals surface area contributed by atoms with Crippen LogP contribution in [0.2, 0.25) is 0 Å². The van der Waals surface area contributed by atoms with Gasteiger partial charge < -0.3 is 18.9 Å². The van der Waals surface area contributed by atoms with Gasteiger partial charge in [0.2, 0.25) is 0 Å². The maximum absolute atomic E-state index is 12.7. The normalized spacial score (nSPS) is 17.6. The lowest BCUT2D eigenvalue weighted by atomic mass is 10.1. The van der Waals surface area contributed by atoms with Crippen molar-refractivity contribution < 1.29 is 14.3 Å². The van der Waals surface area contributed by atoms with Gasteiger partial charge in [0.25, 0.3) is 0 Å². The van der Waals surface area contributed by atoms with Gasteiger partial charge in [-0.1, -0.05) is 36.4 Å². The highest BCUT2D eigenvalue weighted by Crippen LogP contribution is 2.26. The molecule has 2 aromatic heterocycles. The molecular weight excluding hydrogens is 406 g/mol. The number of hydrogen-bond donors (Lipinski definition) is 0. The molecule has 2 fully saturated rings. The minimum atomic E-state index is -0.408. The van der Waals surface area contributed by atoms with Crippen LogP contribution in [0.15, 0.2) is 54.7 Å². The van der Waals surface area contributed by atoms with Crippen molar-refractivity contribution in [2.24, 2.45) is 0 Å². The smallest absolute Gasteiger partial charge is 0.312 e. The molecule has 166 valence electrons. The molecule has 0 bridgehead atoms. The van der Waals surface area contributed by atoms with Crippen LogP contribution in [0.25, 0.3) is 16.9 Å². The first-order valence-corrected chi connectivity index (χ1v) is 11.1. The number of amides is 2. The van der Waals surface area contributed by atoms with Crippen molar-refractivity contribution in [3.05, 3.63) is 60.4 Å². The van der Waals surface area contributed by atoms with E-state index in [-0.39, 0.29) is 0 Å². The van der Waals surface area contributed by atoms with Gasteiger partial charge >= 0.3 is 11.8 Å². The van der Waals surface area contributed by atoms with Crippen LogP contribution in [-0.4, -0.2) is 88.4 Å². The highest BCUT2D eigenvalue weighted by Gasteiger charge is 2.30. The van der Waals surface area contributed by atoms with Gasteiger partial charge in [-0.25, -0.2) is 4.98 Å². The third kappa shape index (κ3) is 4.11. The number of rotatable bonds is 3. The number of nitrogens with zero attached hydrogens (tertiary/aromatic N) is 5. The molecule has 4 heterocycles. The summed E-state index contributed by atoms with van der Waals surface area (Å²) >= 11 is 0. The SMILES string of the molecule is O=C(C(=O)N1CCN(Cc2c(-c3ccccc3)nc3ccccn23)CC1)N1CCOCC1. The summed E-state index contributed by atoms with van der Waals surface area (Å²) in [5.41, 5.74) is 4.14. The maximum atomic E-state index is 12.7. The molecule has 0 radical (unpaired) electrons. The van der Waals surface area contributed by atoms with E-state index in [0.717, 1.165) is 42.2 Å². The second-order valence-corrected chi connectivity index (χ2v) is 8.17. The average molecular weight is 434 g/mol.